The Morgan fingerprint density at radius 1 is 0.300 bits per heavy atom. The molecule has 9 aromatic rings. The van der Waals surface area contributed by atoms with Crippen molar-refractivity contribution in [1.29, 1.82) is 0 Å². The summed E-state index contributed by atoms with van der Waals surface area (Å²) < 4.78 is 0. The highest BCUT2D eigenvalue weighted by Gasteiger charge is 2.18. The molecule has 0 aliphatic rings. The van der Waals surface area contributed by atoms with Crippen LogP contribution in [0.1, 0.15) is 0 Å². The first-order valence-electron chi connectivity index (χ1n) is 16.7. The van der Waals surface area contributed by atoms with Crippen molar-refractivity contribution >= 4 is 21.5 Å². The van der Waals surface area contributed by atoms with E-state index in [4.69, 9.17) is 9.97 Å². The lowest BCUT2D eigenvalue weighted by Crippen LogP contribution is -1.97. The van der Waals surface area contributed by atoms with E-state index in [1.54, 1.807) is 6.20 Å². The third-order valence-electron chi connectivity index (χ3n) is 9.26. The molecule has 0 spiro atoms. The highest BCUT2D eigenvalue weighted by molar-refractivity contribution is 6.21. The first-order chi connectivity index (χ1) is 24.8. The molecule has 4 heteroatoms. The molecule has 0 atom stereocenters. The van der Waals surface area contributed by atoms with Gasteiger partial charge in [-0.25, -0.2) is 9.97 Å². The summed E-state index contributed by atoms with van der Waals surface area (Å²) in [6, 6.07) is 55.4. The molecule has 0 aliphatic heterocycles. The molecule has 3 aromatic heterocycles. The Morgan fingerprint density at radius 2 is 0.820 bits per heavy atom. The molecule has 0 radical (unpaired) electrons. The third kappa shape index (κ3) is 5.39. The van der Waals surface area contributed by atoms with Crippen LogP contribution in [0.15, 0.2) is 183 Å². The van der Waals surface area contributed by atoms with Crippen LogP contribution < -0.4 is 0 Å². The number of hydrogen-bond acceptors (Lipinski definition) is 4. The lowest BCUT2D eigenvalue weighted by molar-refractivity contribution is 1.18. The number of fused-ring (bicyclic) bond motifs is 2. The molecule has 0 bridgehead atoms. The Bertz CT molecular complexity index is 2580. The number of rotatable bonds is 6. The zero-order chi connectivity index (χ0) is 33.3. The first kappa shape index (κ1) is 29.4. The summed E-state index contributed by atoms with van der Waals surface area (Å²) in [5, 5.41) is 4.90. The minimum Gasteiger partial charge on any atom is -0.265 e. The van der Waals surface area contributed by atoms with Gasteiger partial charge in [-0.3, -0.25) is 9.97 Å². The molecular weight excluding hydrogens is 609 g/mol. The molecular formula is C46H30N4. The fourth-order valence-corrected chi connectivity index (χ4v) is 6.96. The van der Waals surface area contributed by atoms with Crippen molar-refractivity contribution in [3.05, 3.63) is 183 Å². The summed E-state index contributed by atoms with van der Waals surface area (Å²) >= 11 is 0. The average Bonchev–Trinajstić information content (AvgIpc) is 3.21. The average molecular weight is 639 g/mol. The number of nitrogens with zero attached hydrogens (tertiary/aromatic N) is 4. The number of pyridine rings is 2. The van der Waals surface area contributed by atoms with Gasteiger partial charge < -0.3 is 0 Å². The van der Waals surface area contributed by atoms with Gasteiger partial charge in [0.25, 0.3) is 0 Å². The van der Waals surface area contributed by atoms with Gasteiger partial charge in [0.1, 0.15) is 0 Å². The first-order valence-corrected chi connectivity index (χ1v) is 16.7. The van der Waals surface area contributed by atoms with E-state index < -0.39 is 0 Å². The number of benzene rings is 6. The van der Waals surface area contributed by atoms with E-state index in [0.717, 1.165) is 44.8 Å². The summed E-state index contributed by atoms with van der Waals surface area (Å²) in [5.74, 6) is 0.658. The number of aromatic nitrogens is 4. The van der Waals surface area contributed by atoms with Crippen LogP contribution in [-0.4, -0.2) is 19.9 Å². The van der Waals surface area contributed by atoms with Crippen molar-refractivity contribution in [1.82, 2.24) is 19.9 Å². The molecule has 234 valence electrons. The normalized spacial score (nSPS) is 11.2. The smallest absolute Gasteiger partial charge is 0.160 e. The zero-order valence-corrected chi connectivity index (χ0v) is 27.1. The highest BCUT2D eigenvalue weighted by Crippen LogP contribution is 2.44. The van der Waals surface area contributed by atoms with Gasteiger partial charge in [0, 0.05) is 41.5 Å². The summed E-state index contributed by atoms with van der Waals surface area (Å²) in [6.45, 7) is 0. The molecule has 50 heavy (non-hydrogen) atoms. The molecule has 0 amide bonds. The minimum absolute atomic E-state index is 0.658. The van der Waals surface area contributed by atoms with E-state index >= 15 is 0 Å². The van der Waals surface area contributed by atoms with Gasteiger partial charge in [-0.05, 0) is 97.4 Å². The van der Waals surface area contributed by atoms with Crippen molar-refractivity contribution in [2.24, 2.45) is 0 Å². The Labute approximate surface area is 290 Å². The van der Waals surface area contributed by atoms with Crippen LogP contribution in [0.5, 0.6) is 0 Å². The van der Waals surface area contributed by atoms with Gasteiger partial charge in [-0.2, -0.15) is 0 Å². The zero-order valence-electron chi connectivity index (χ0n) is 27.1. The predicted molar refractivity (Wildman–Crippen MR) is 205 cm³/mol. The molecule has 3 heterocycles. The minimum atomic E-state index is 0.658. The van der Waals surface area contributed by atoms with Crippen molar-refractivity contribution in [2.75, 3.05) is 0 Å². The van der Waals surface area contributed by atoms with Gasteiger partial charge in [-0.1, -0.05) is 115 Å². The lowest BCUT2D eigenvalue weighted by atomic mass is 9.85. The van der Waals surface area contributed by atoms with Crippen LogP contribution in [0.4, 0.5) is 0 Å². The Balaban J connectivity index is 1.24. The summed E-state index contributed by atoms with van der Waals surface area (Å²) in [7, 11) is 0. The fourth-order valence-electron chi connectivity index (χ4n) is 6.96. The Hall–Kier alpha value is -6.78. The summed E-state index contributed by atoms with van der Waals surface area (Å²) in [4.78, 5) is 18.9. The topological polar surface area (TPSA) is 51.6 Å². The summed E-state index contributed by atoms with van der Waals surface area (Å²) in [5.41, 5.74) is 11.6. The van der Waals surface area contributed by atoms with Crippen molar-refractivity contribution in [3.63, 3.8) is 0 Å². The quantitative estimate of drug-likeness (QED) is 0.170. The monoisotopic (exact) mass is 638 g/mol. The van der Waals surface area contributed by atoms with Gasteiger partial charge in [0.2, 0.25) is 0 Å². The second-order valence-electron chi connectivity index (χ2n) is 12.3. The molecule has 0 fully saturated rings. The summed E-state index contributed by atoms with van der Waals surface area (Å²) in [6.07, 6.45) is 7.26. The second-order valence-corrected chi connectivity index (χ2v) is 12.3. The van der Waals surface area contributed by atoms with E-state index in [0.29, 0.717) is 5.82 Å². The van der Waals surface area contributed by atoms with E-state index in [9.17, 15) is 0 Å². The Morgan fingerprint density at radius 3 is 1.48 bits per heavy atom. The van der Waals surface area contributed by atoms with Crippen molar-refractivity contribution in [2.45, 2.75) is 0 Å². The van der Waals surface area contributed by atoms with E-state index in [1.165, 1.54) is 38.2 Å². The molecule has 0 aliphatic carbocycles. The molecule has 0 saturated heterocycles. The lowest BCUT2D eigenvalue weighted by Gasteiger charge is -2.18. The molecule has 0 N–H and O–H groups in total. The molecule has 6 aromatic carbocycles. The maximum atomic E-state index is 5.20. The highest BCUT2D eigenvalue weighted by atomic mass is 14.9. The van der Waals surface area contributed by atoms with Crippen LogP contribution in [0.3, 0.4) is 0 Å². The van der Waals surface area contributed by atoms with E-state index in [-0.39, 0.29) is 0 Å². The van der Waals surface area contributed by atoms with Crippen LogP contribution in [0.2, 0.25) is 0 Å². The molecule has 0 saturated carbocycles. The standard InChI is InChI=1S/C46H30N4/c1-2-11-32(12-3-1)44-38-18-4-6-20-40(38)45(41-21-7-5-19-39(41)44)35-15-9-14-34(28-35)42-29-43(37-17-10-24-48-30-37)50-46(49-42)36-16-8-13-33(27-36)31-22-25-47-26-23-31/h1-30H. The molecule has 0 unspecified atom stereocenters. The maximum Gasteiger partial charge on any atom is 0.160 e. The molecule has 9 rings (SSSR count). The third-order valence-corrected chi connectivity index (χ3v) is 9.26. The van der Waals surface area contributed by atoms with Crippen molar-refractivity contribution in [3.8, 4) is 67.3 Å². The SMILES string of the molecule is c1ccc(-c2c3ccccc3c(-c3cccc(-c4cc(-c5cccnc5)nc(-c5cccc(-c6ccncc6)c5)n4)c3)c3ccccc23)cc1. The predicted octanol–water partition coefficient (Wildman–Crippen LogP) is 11.6. The second kappa shape index (κ2) is 12.7. The van der Waals surface area contributed by atoms with Crippen molar-refractivity contribution < 1.29 is 0 Å². The Kier molecular flexibility index (Phi) is 7.45. The van der Waals surface area contributed by atoms with Gasteiger partial charge in [0.05, 0.1) is 11.4 Å². The van der Waals surface area contributed by atoms with Crippen LogP contribution in [0.25, 0.3) is 88.8 Å². The van der Waals surface area contributed by atoms with Crippen LogP contribution in [-0.2, 0) is 0 Å². The number of hydrogen-bond donors (Lipinski definition) is 0. The van der Waals surface area contributed by atoms with Gasteiger partial charge >= 0.3 is 0 Å². The van der Waals surface area contributed by atoms with Crippen LogP contribution >= 0.6 is 0 Å². The van der Waals surface area contributed by atoms with Gasteiger partial charge in [-0.15, -0.1) is 0 Å². The van der Waals surface area contributed by atoms with E-state index in [2.05, 4.69) is 143 Å². The molecule has 4 nitrogen and oxygen atoms in total. The van der Waals surface area contributed by atoms with Gasteiger partial charge in [0.15, 0.2) is 5.82 Å². The maximum absolute atomic E-state index is 5.20. The fraction of sp³-hybridized carbons (Fsp3) is 0. The van der Waals surface area contributed by atoms with Crippen LogP contribution in [0, 0.1) is 0 Å². The van der Waals surface area contributed by atoms with E-state index in [1.807, 2.05) is 42.9 Å². The largest absolute Gasteiger partial charge is 0.265 e.